The van der Waals surface area contributed by atoms with Gasteiger partial charge >= 0.3 is 0 Å². The Bertz CT molecular complexity index is 375. The van der Waals surface area contributed by atoms with Crippen LogP contribution in [0, 0.1) is 0 Å². The maximum Gasteiger partial charge on any atom is 0.0837 e. The minimum Gasteiger partial charge on any atom is -1.00 e. The molecule has 1 rings (SSSR count). The van der Waals surface area contributed by atoms with Crippen LogP contribution in [0.1, 0.15) is 83.1 Å². The fourth-order valence-corrected chi connectivity index (χ4v) is 5.80. The third-order valence-corrected chi connectivity index (χ3v) is 7.57. The molecular weight excluding hydrogens is 331 g/mol. The summed E-state index contributed by atoms with van der Waals surface area (Å²) in [5.74, 6) is 0. The van der Waals surface area contributed by atoms with E-state index in [1.54, 1.807) is 0 Å². The van der Waals surface area contributed by atoms with E-state index in [9.17, 15) is 0 Å². The molecule has 0 bridgehead atoms. The topological polar surface area (TPSA) is 0 Å². The van der Waals surface area contributed by atoms with Crippen LogP contribution in [0.4, 0.5) is 0 Å². The highest BCUT2D eigenvalue weighted by molar-refractivity contribution is 7.73. The number of hydrogen-bond donors (Lipinski definition) is 0. The summed E-state index contributed by atoms with van der Waals surface area (Å²) >= 11 is 0. The van der Waals surface area contributed by atoms with Crippen molar-refractivity contribution in [2.75, 3.05) is 19.5 Å². The smallest absolute Gasteiger partial charge is 0.0837 e. The van der Waals surface area contributed by atoms with Gasteiger partial charge in [0.05, 0.1) is 12.3 Å². The van der Waals surface area contributed by atoms with Crippen molar-refractivity contribution in [3.8, 4) is 0 Å². The summed E-state index contributed by atoms with van der Waals surface area (Å²) in [6, 6.07) is 11.1. The summed E-state index contributed by atoms with van der Waals surface area (Å²) in [5, 5.41) is 0. The summed E-state index contributed by atoms with van der Waals surface area (Å²) in [6.07, 6.45) is 18.7. The van der Waals surface area contributed by atoms with Gasteiger partial charge in [-0.05, 0) is 18.4 Å². The monoisotopic (exact) mass is 370 g/mol. The fourth-order valence-electron chi connectivity index (χ4n) is 3.36. The SMILES string of the molecule is CCCCCCCCCCCCC[P+](C)(C)Cc1ccccc1.[Cl-]. The fraction of sp³-hybridized carbons (Fsp3) is 0.727. The lowest BCUT2D eigenvalue weighted by molar-refractivity contribution is -0.00000524. The summed E-state index contributed by atoms with van der Waals surface area (Å²) in [7, 11) is -0.742. The van der Waals surface area contributed by atoms with Crippen LogP contribution in [0.3, 0.4) is 0 Å². The minimum absolute atomic E-state index is 0. The molecule has 2 heteroatoms. The van der Waals surface area contributed by atoms with E-state index in [4.69, 9.17) is 0 Å². The lowest BCUT2D eigenvalue weighted by atomic mass is 10.1. The van der Waals surface area contributed by atoms with Crippen LogP contribution in [0.5, 0.6) is 0 Å². The number of benzene rings is 1. The third-order valence-electron chi connectivity index (χ3n) is 4.82. The molecule has 0 radical (unpaired) electrons. The van der Waals surface area contributed by atoms with Gasteiger partial charge in [0.1, 0.15) is 0 Å². The average molecular weight is 371 g/mol. The van der Waals surface area contributed by atoms with Gasteiger partial charge in [-0.2, -0.15) is 0 Å². The quantitative estimate of drug-likeness (QED) is 0.326. The van der Waals surface area contributed by atoms with Crippen molar-refractivity contribution in [3.05, 3.63) is 35.9 Å². The van der Waals surface area contributed by atoms with Gasteiger partial charge in [0, 0.05) is 20.6 Å². The molecule has 24 heavy (non-hydrogen) atoms. The van der Waals surface area contributed by atoms with E-state index in [2.05, 4.69) is 50.6 Å². The van der Waals surface area contributed by atoms with Gasteiger partial charge in [0.25, 0.3) is 0 Å². The van der Waals surface area contributed by atoms with Crippen LogP contribution in [-0.4, -0.2) is 19.5 Å². The third kappa shape index (κ3) is 13.3. The number of hydrogen-bond acceptors (Lipinski definition) is 0. The van der Waals surface area contributed by atoms with E-state index < -0.39 is 7.26 Å². The van der Waals surface area contributed by atoms with Gasteiger partial charge in [-0.1, -0.05) is 95.0 Å². The molecule has 0 aliphatic carbocycles. The van der Waals surface area contributed by atoms with Gasteiger partial charge in [-0.25, -0.2) is 0 Å². The number of unbranched alkanes of at least 4 members (excludes halogenated alkanes) is 10. The normalized spacial score (nSPS) is 11.3. The van der Waals surface area contributed by atoms with Crippen molar-refractivity contribution in [3.63, 3.8) is 0 Å². The molecule has 0 fully saturated rings. The second-order valence-corrected chi connectivity index (χ2v) is 12.5. The van der Waals surface area contributed by atoms with Crippen LogP contribution >= 0.6 is 7.26 Å². The maximum absolute atomic E-state index is 2.54. The molecule has 0 saturated carbocycles. The zero-order chi connectivity index (χ0) is 16.8. The first-order chi connectivity index (χ1) is 11.1. The highest BCUT2D eigenvalue weighted by Crippen LogP contribution is 2.54. The molecule has 0 unspecified atom stereocenters. The standard InChI is InChI=1S/C22H40P.ClH/c1-4-5-6-7-8-9-10-11-12-13-17-20-23(2,3)21-22-18-15-14-16-19-22;/h14-16,18-19H,4-13,17,20-21H2,1-3H3;1H/q+1;/p-1. The predicted octanol–water partition coefficient (Wildman–Crippen LogP) is 4.78. The highest BCUT2D eigenvalue weighted by Gasteiger charge is 2.24. The van der Waals surface area contributed by atoms with Gasteiger partial charge < -0.3 is 12.4 Å². The molecule has 0 N–H and O–H groups in total. The lowest BCUT2D eigenvalue weighted by Crippen LogP contribution is -3.00. The molecule has 0 saturated heterocycles. The molecule has 0 heterocycles. The van der Waals surface area contributed by atoms with Gasteiger partial charge in [-0.3, -0.25) is 0 Å². The van der Waals surface area contributed by atoms with Crippen molar-refractivity contribution in [2.24, 2.45) is 0 Å². The largest absolute Gasteiger partial charge is 1.00 e. The van der Waals surface area contributed by atoms with Crippen LogP contribution in [0.15, 0.2) is 30.3 Å². The first-order valence-corrected chi connectivity index (χ1v) is 13.1. The number of halogens is 1. The summed E-state index contributed by atoms with van der Waals surface area (Å²) in [6.45, 7) is 7.37. The van der Waals surface area contributed by atoms with Gasteiger partial charge in [0.15, 0.2) is 0 Å². The molecule has 0 aromatic heterocycles. The van der Waals surface area contributed by atoms with Crippen LogP contribution < -0.4 is 12.4 Å². The van der Waals surface area contributed by atoms with Gasteiger partial charge in [0.2, 0.25) is 0 Å². The average Bonchev–Trinajstić information content (AvgIpc) is 2.53. The molecule has 0 aliphatic heterocycles. The van der Waals surface area contributed by atoms with Gasteiger partial charge in [-0.15, -0.1) is 0 Å². The highest BCUT2D eigenvalue weighted by atomic mass is 35.5. The van der Waals surface area contributed by atoms with Crippen LogP contribution in [0.2, 0.25) is 0 Å². The Morgan fingerprint density at radius 3 is 1.62 bits per heavy atom. The first kappa shape index (κ1) is 23.9. The zero-order valence-electron chi connectivity index (χ0n) is 16.4. The Kier molecular flexibility index (Phi) is 15.2. The van der Waals surface area contributed by atoms with Crippen molar-refractivity contribution < 1.29 is 12.4 Å². The van der Waals surface area contributed by atoms with E-state index in [1.807, 2.05) is 0 Å². The number of rotatable bonds is 14. The van der Waals surface area contributed by atoms with Crippen molar-refractivity contribution in [1.29, 1.82) is 0 Å². The molecule has 0 aliphatic rings. The Balaban J connectivity index is 0.00000529. The zero-order valence-corrected chi connectivity index (χ0v) is 18.1. The summed E-state index contributed by atoms with van der Waals surface area (Å²) < 4.78 is 0. The molecule has 140 valence electrons. The molecule has 0 amide bonds. The van der Waals surface area contributed by atoms with Crippen molar-refractivity contribution in [2.45, 2.75) is 83.7 Å². The van der Waals surface area contributed by atoms with E-state index in [0.717, 1.165) is 0 Å². The minimum atomic E-state index is -0.742. The second kappa shape index (κ2) is 15.2. The Morgan fingerprint density at radius 1 is 0.667 bits per heavy atom. The molecular formula is C22H40ClP. The Morgan fingerprint density at radius 2 is 1.12 bits per heavy atom. The van der Waals surface area contributed by atoms with E-state index >= 15 is 0 Å². The van der Waals surface area contributed by atoms with Crippen LogP contribution in [0.25, 0.3) is 0 Å². The summed E-state index contributed by atoms with van der Waals surface area (Å²) in [4.78, 5) is 0. The molecule has 0 atom stereocenters. The summed E-state index contributed by atoms with van der Waals surface area (Å²) in [5.41, 5.74) is 1.54. The van der Waals surface area contributed by atoms with Crippen molar-refractivity contribution in [1.82, 2.24) is 0 Å². The lowest BCUT2D eigenvalue weighted by Gasteiger charge is -2.18. The predicted molar refractivity (Wildman–Crippen MR) is 110 cm³/mol. The maximum atomic E-state index is 2.54. The van der Waals surface area contributed by atoms with Crippen molar-refractivity contribution >= 4 is 7.26 Å². The molecule has 0 nitrogen and oxygen atoms in total. The van der Waals surface area contributed by atoms with E-state index in [1.165, 1.54) is 88.5 Å². The van der Waals surface area contributed by atoms with Crippen LogP contribution in [-0.2, 0) is 6.16 Å². The van der Waals surface area contributed by atoms with E-state index in [-0.39, 0.29) is 12.4 Å². The first-order valence-electron chi connectivity index (χ1n) is 10.00. The molecule has 1 aromatic rings. The molecule has 0 spiro atoms. The molecule has 1 aromatic carbocycles. The van der Waals surface area contributed by atoms with E-state index in [0.29, 0.717) is 0 Å². The Labute approximate surface area is 159 Å². The Hall–Kier alpha value is -0.0600. The second-order valence-electron chi connectivity index (χ2n) is 7.84.